The van der Waals surface area contributed by atoms with E-state index in [0.29, 0.717) is 19.0 Å². The second-order valence-corrected chi connectivity index (χ2v) is 9.74. The maximum absolute atomic E-state index is 12.0. The van der Waals surface area contributed by atoms with Gasteiger partial charge in [0.25, 0.3) is 0 Å². The molecular weight excluding hydrogens is 344 g/mol. The molecule has 2 aliphatic rings. The number of nitrogens with one attached hydrogen (secondary N) is 2. The van der Waals surface area contributed by atoms with Crippen LogP contribution in [0.3, 0.4) is 0 Å². The number of nitrogens with zero attached hydrogens (tertiary/aromatic N) is 2. The number of aliphatic imine (C=N–C) groups is 1. The SMILES string of the molecule is CN=C(NCC1CCCOC1C(C)(C)C)NC1CN(C(=O)OC(C)(C)C)C1. The molecule has 0 aliphatic carbocycles. The maximum Gasteiger partial charge on any atom is 0.410 e. The van der Waals surface area contributed by atoms with Crippen LogP contribution in [0.1, 0.15) is 54.4 Å². The highest BCUT2D eigenvalue weighted by Crippen LogP contribution is 2.33. The van der Waals surface area contributed by atoms with Gasteiger partial charge in [-0.05, 0) is 39.0 Å². The Morgan fingerprint density at radius 2 is 1.89 bits per heavy atom. The van der Waals surface area contributed by atoms with Gasteiger partial charge in [0, 0.05) is 39.2 Å². The van der Waals surface area contributed by atoms with Crippen LogP contribution in [0.15, 0.2) is 4.99 Å². The quantitative estimate of drug-likeness (QED) is 0.580. The highest BCUT2D eigenvalue weighted by molar-refractivity contribution is 5.80. The van der Waals surface area contributed by atoms with Crippen molar-refractivity contribution in [3.8, 4) is 0 Å². The van der Waals surface area contributed by atoms with Gasteiger partial charge in [-0.3, -0.25) is 4.99 Å². The highest BCUT2D eigenvalue weighted by Gasteiger charge is 2.36. The lowest BCUT2D eigenvalue weighted by atomic mass is 9.78. The molecule has 0 aromatic carbocycles. The van der Waals surface area contributed by atoms with Gasteiger partial charge in [-0.2, -0.15) is 0 Å². The molecule has 156 valence electrons. The van der Waals surface area contributed by atoms with Crippen LogP contribution in [0.25, 0.3) is 0 Å². The number of likely N-dealkylation sites (tertiary alicyclic amines) is 1. The van der Waals surface area contributed by atoms with Gasteiger partial charge in [0.2, 0.25) is 0 Å². The summed E-state index contributed by atoms with van der Waals surface area (Å²) in [4.78, 5) is 18.1. The number of rotatable bonds is 3. The topological polar surface area (TPSA) is 75.2 Å². The summed E-state index contributed by atoms with van der Waals surface area (Å²) in [6.45, 7) is 15.3. The molecule has 0 aromatic heterocycles. The first-order chi connectivity index (χ1) is 12.5. The lowest BCUT2D eigenvalue weighted by Crippen LogP contribution is -2.63. The van der Waals surface area contributed by atoms with Gasteiger partial charge in [0.05, 0.1) is 12.1 Å². The zero-order valence-corrected chi connectivity index (χ0v) is 18.1. The first-order valence-electron chi connectivity index (χ1n) is 10.1. The van der Waals surface area contributed by atoms with E-state index >= 15 is 0 Å². The van der Waals surface area contributed by atoms with Crippen molar-refractivity contribution in [3.05, 3.63) is 0 Å². The van der Waals surface area contributed by atoms with Crippen LogP contribution in [0.2, 0.25) is 0 Å². The lowest BCUT2D eigenvalue weighted by Gasteiger charge is -2.42. The molecule has 0 bridgehead atoms. The van der Waals surface area contributed by atoms with E-state index in [2.05, 4.69) is 36.4 Å². The Balaban J connectivity index is 1.76. The fourth-order valence-corrected chi connectivity index (χ4v) is 3.67. The summed E-state index contributed by atoms with van der Waals surface area (Å²) in [5, 5.41) is 6.84. The van der Waals surface area contributed by atoms with Crippen molar-refractivity contribution >= 4 is 12.1 Å². The minimum atomic E-state index is -0.459. The normalized spacial score (nSPS) is 25.0. The van der Waals surface area contributed by atoms with E-state index in [9.17, 15) is 4.79 Å². The molecule has 0 aromatic rings. The second kappa shape index (κ2) is 8.67. The molecule has 2 atom stereocenters. The van der Waals surface area contributed by atoms with Gasteiger partial charge in [-0.25, -0.2) is 4.79 Å². The standard InChI is InChI=1S/C20H38N4O3/c1-19(2,3)16-14(9-8-10-26-16)11-22-17(21-7)23-15-12-24(13-15)18(25)27-20(4,5)6/h14-16H,8-13H2,1-7H3,(H2,21,22,23). The summed E-state index contributed by atoms with van der Waals surface area (Å²) in [7, 11) is 1.78. The summed E-state index contributed by atoms with van der Waals surface area (Å²) in [5.41, 5.74) is -0.329. The van der Waals surface area contributed by atoms with Gasteiger partial charge in [-0.15, -0.1) is 0 Å². The molecule has 2 rings (SSSR count). The molecule has 2 fully saturated rings. The molecule has 2 heterocycles. The summed E-state index contributed by atoms with van der Waals surface area (Å²) >= 11 is 0. The number of amides is 1. The van der Waals surface area contributed by atoms with Crippen LogP contribution >= 0.6 is 0 Å². The van der Waals surface area contributed by atoms with E-state index in [1.54, 1.807) is 11.9 Å². The summed E-state index contributed by atoms with van der Waals surface area (Å²) in [6, 6.07) is 0.199. The largest absolute Gasteiger partial charge is 0.444 e. The number of ether oxygens (including phenoxy) is 2. The third kappa shape index (κ3) is 6.55. The van der Waals surface area contributed by atoms with E-state index in [-0.39, 0.29) is 23.7 Å². The molecule has 27 heavy (non-hydrogen) atoms. The number of guanidine groups is 1. The van der Waals surface area contributed by atoms with Crippen LogP contribution in [0.5, 0.6) is 0 Å². The van der Waals surface area contributed by atoms with Crippen molar-refractivity contribution in [3.63, 3.8) is 0 Å². The Kier molecular flexibility index (Phi) is 7.00. The van der Waals surface area contributed by atoms with Crippen molar-refractivity contribution in [2.45, 2.75) is 72.1 Å². The minimum Gasteiger partial charge on any atom is -0.444 e. The molecule has 0 saturated carbocycles. The monoisotopic (exact) mass is 382 g/mol. The Bertz CT molecular complexity index is 530. The number of hydrogen-bond acceptors (Lipinski definition) is 4. The fraction of sp³-hybridized carbons (Fsp3) is 0.900. The summed E-state index contributed by atoms with van der Waals surface area (Å²) in [5.74, 6) is 1.25. The molecule has 2 aliphatic heterocycles. The zero-order valence-electron chi connectivity index (χ0n) is 18.1. The number of carbonyl (C=O) groups is 1. The predicted molar refractivity (Wildman–Crippen MR) is 108 cm³/mol. The maximum atomic E-state index is 12.0. The van der Waals surface area contributed by atoms with Gasteiger partial charge >= 0.3 is 6.09 Å². The minimum absolute atomic E-state index is 0.131. The van der Waals surface area contributed by atoms with Gasteiger partial charge in [0.15, 0.2) is 5.96 Å². The second-order valence-electron chi connectivity index (χ2n) is 9.74. The van der Waals surface area contributed by atoms with Gasteiger partial charge in [-0.1, -0.05) is 20.8 Å². The molecule has 7 heteroatoms. The van der Waals surface area contributed by atoms with E-state index in [4.69, 9.17) is 9.47 Å². The average Bonchev–Trinajstić information content (AvgIpc) is 2.50. The Labute approximate surface area is 164 Å². The zero-order chi connectivity index (χ0) is 20.2. The predicted octanol–water partition coefficient (Wildman–Crippen LogP) is 2.61. The fourth-order valence-electron chi connectivity index (χ4n) is 3.67. The van der Waals surface area contributed by atoms with E-state index in [1.165, 1.54) is 6.42 Å². The smallest absolute Gasteiger partial charge is 0.410 e. The first kappa shape index (κ1) is 21.8. The molecule has 0 radical (unpaired) electrons. The third-order valence-corrected chi connectivity index (χ3v) is 4.93. The summed E-state index contributed by atoms with van der Waals surface area (Å²) in [6.07, 6.45) is 2.28. The van der Waals surface area contributed by atoms with Gasteiger partial charge < -0.3 is 25.0 Å². The molecular formula is C20H38N4O3. The van der Waals surface area contributed by atoms with Crippen LogP contribution in [0.4, 0.5) is 4.79 Å². The number of carbonyl (C=O) groups excluding carboxylic acids is 1. The summed E-state index contributed by atoms with van der Waals surface area (Å²) < 4.78 is 11.4. The van der Waals surface area contributed by atoms with Gasteiger partial charge in [0.1, 0.15) is 5.60 Å². The number of hydrogen-bond donors (Lipinski definition) is 2. The molecule has 0 spiro atoms. The van der Waals surface area contributed by atoms with Crippen molar-refractivity contribution in [1.29, 1.82) is 0 Å². The molecule has 2 N–H and O–H groups in total. The molecule has 1 amide bonds. The van der Waals surface area contributed by atoms with E-state index in [0.717, 1.165) is 25.5 Å². The van der Waals surface area contributed by atoms with Crippen molar-refractivity contribution in [2.75, 3.05) is 33.3 Å². The van der Waals surface area contributed by atoms with E-state index in [1.807, 2.05) is 20.8 Å². The van der Waals surface area contributed by atoms with Crippen LogP contribution in [-0.2, 0) is 9.47 Å². The van der Waals surface area contributed by atoms with Crippen molar-refractivity contribution in [2.24, 2.45) is 16.3 Å². The van der Waals surface area contributed by atoms with E-state index < -0.39 is 5.60 Å². The first-order valence-corrected chi connectivity index (χ1v) is 10.1. The Hall–Kier alpha value is -1.50. The lowest BCUT2D eigenvalue weighted by molar-refractivity contribution is -0.0835. The molecule has 7 nitrogen and oxygen atoms in total. The van der Waals surface area contributed by atoms with Crippen molar-refractivity contribution in [1.82, 2.24) is 15.5 Å². The van der Waals surface area contributed by atoms with Crippen LogP contribution < -0.4 is 10.6 Å². The molecule has 2 unspecified atom stereocenters. The van der Waals surface area contributed by atoms with Crippen LogP contribution in [0, 0.1) is 11.3 Å². The van der Waals surface area contributed by atoms with Crippen LogP contribution in [-0.4, -0.2) is 68.0 Å². The average molecular weight is 383 g/mol. The van der Waals surface area contributed by atoms with Crippen molar-refractivity contribution < 1.29 is 14.3 Å². The Morgan fingerprint density at radius 3 is 2.44 bits per heavy atom. The highest BCUT2D eigenvalue weighted by atomic mass is 16.6. The molecule has 2 saturated heterocycles. The third-order valence-electron chi connectivity index (χ3n) is 4.93. The Morgan fingerprint density at radius 1 is 1.22 bits per heavy atom.